The van der Waals surface area contributed by atoms with Gasteiger partial charge < -0.3 is 9.64 Å². The van der Waals surface area contributed by atoms with E-state index in [9.17, 15) is 17.6 Å². The number of benzene rings is 1. The highest BCUT2D eigenvalue weighted by molar-refractivity contribution is 7.86. The third-order valence-electron chi connectivity index (χ3n) is 4.67. The van der Waals surface area contributed by atoms with Gasteiger partial charge in [0.2, 0.25) is 0 Å². The number of nitrogens with zero attached hydrogens (tertiary/aromatic N) is 3. The van der Waals surface area contributed by atoms with Gasteiger partial charge in [0.15, 0.2) is 0 Å². The van der Waals surface area contributed by atoms with E-state index in [0.29, 0.717) is 13.1 Å². The van der Waals surface area contributed by atoms with Gasteiger partial charge >= 0.3 is 0 Å². The van der Waals surface area contributed by atoms with Crippen LogP contribution in [0.4, 0.5) is 4.39 Å². The summed E-state index contributed by atoms with van der Waals surface area (Å²) in [4.78, 5) is 14.0. The Kier molecular flexibility index (Phi) is 5.61. The summed E-state index contributed by atoms with van der Waals surface area (Å²) in [5.41, 5.74) is 0.0136. The molecule has 0 aromatic heterocycles. The molecule has 0 radical (unpaired) electrons. The summed E-state index contributed by atoms with van der Waals surface area (Å²) in [6, 6.07) is 5.82. The minimum atomic E-state index is -3.60. The van der Waals surface area contributed by atoms with Crippen LogP contribution in [0, 0.1) is 5.82 Å². The number of rotatable bonds is 3. The molecular weight excluding hydrogens is 361 g/mol. The van der Waals surface area contributed by atoms with Gasteiger partial charge in [-0.15, -0.1) is 0 Å². The molecule has 2 aliphatic heterocycles. The van der Waals surface area contributed by atoms with E-state index in [2.05, 4.69) is 0 Å². The Morgan fingerprint density at radius 3 is 2.19 bits per heavy atom. The van der Waals surface area contributed by atoms with Crippen LogP contribution >= 0.6 is 0 Å². The molecule has 0 aliphatic carbocycles. The average Bonchev–Trinajstić information content (AvgIpc) is 2.61. The van der Waals surface area contributed by atoms with Crippen molar-refractivity contribution >= 4 is 16.1 Å². The summed E-state index contributed by atoms with van der Waals surface area (Å²) >= 11 is 0. The average molecular weight is 385 g/mol. The number of piperazine rings is 1. The van der Waals surface area contributed by atoms with Gasteiger partial charge in [-0.25, -0.2) is 4.39 Å². The van der Waals surface area contributed by atoms with E-state index in [4.69, 9.17) is 4.74 Å². The van der Waals surface area contributed by atoms with Crippen LogP contribution in [0.15, 0.2) is 24.3 Å². The Labute approximate surface area is 153 Å². The lowest BCUT2D eigenvalue weighted by Gasteiger charge is -2.40. The minimum Gasteiger partial charge on any atom is -0.373 e. The number of carbonyl (C=O) groups excluding carboxylic acids is 1. The van der Waals surface area contributed by atoms with Crippen LogP contribution in [-0.4, -0.2) is 79.3 Å². The molecule has 2 saturated heterocycles. The summed E-state index contributed by atoms with van der Waals surface area (Å²) in [6.45, 7) is 5.21. The fourth-order valence-corrected chi connectivity index (χ4v) is 5.16. The van der Waals surface area contributed by atoms with E-state index < -0.39 is 21.9 Å². The highest BCUT2D eigenvalue weighted by Crippen LogP contribution is 2.20. The van der Waals surface area contributed by atoms with Gasteiger partial charge in [0, 0.05) is 39.3 Å². The Balaban J connectivity index is 1.64. The molecule has 26 heavy (non-hydrogen) atoms. The molecule has 1 aromatic rings. The molecule has 9 heteroatoms. The number of carbonyl (C=O) groups is 1. The molecule has 2 fully saturated rings. The lowest BCUT2D eigenvalue weighted by molar-refractivity contribution is -0.0457. The highest BCUT2D eigenvalue weighted by atomic mass is 32.2. The molecule has 144 valence electrons. The second-order valence-electron chi connectivity index (χ2n) is 6.75. The summed E-state index contributed by atoms with van der Waals surface area (Å²) < 4.78 is 48.0. The van der Waals surface area contributed by atoms with Crippen molar-refractivity contribution in [2.45, 2.75) is 26.1 Å². The van der Waals surface area contributed by atoms with Crippen molar-refractivity contribution in [1.29, 1.82) is 0 Å². The fourth-order valence-electron chi connectivity index (χ4n) is 3.41. The second kappa shape index (κ2) is 7.59. The first-order valence-electron chi connectivity index (χ1n) is 8.73. The third-order valence-corrected chi connectivity index (χ3v) is 6.64. The predicted molar refractivity (Wildman–Crippen MR) is 94.4 cm³/mol. The molecule has 0 N–H and O–H groups in total. The van der Waals surface area contributed by atoms with E-state index in [1.54, 1.807) is 6.07 Å². The quantitative estimate of drug-likeness (QED) is 0.776. The summed E-state index contributed by atoms with van der Waals surface area (Å²) in [7, 11) is -3.60. The van der Waals surface area contributed by atoms with Crippen LogP contribution < -0.4 is 0 Å². The largest absolute Gasteiger partial charge is 0.373 e. The molecule has 0 bridgehead atoms. The zero-order valence-electron chi connectivity index (χ0n) is 15.0. The van der Waals surface area contributed by atoms with Crippen molar-refractivity contribution < 1.29 is 22.3 Å². The second-order valence-corrected chi connectivity index (χ2v) is 8.68. The lowest BCUT2D eigenvalue weighted by Crippen LogP contribution is -2.57. The first kappa shape index (κ1) is 19.2. The molecule has 1 aromatic carbocycles. The van der Waals surface area contributed by atoms with Crippen LogP contribution in [-0.2, 0) is 14.9 Å². The predicted octanol–water partition coefficient (Wildman–Crippen LogP) is 0.938. The van der Waals surface area contributed by atoms with E-state index in [-0.39, 0.29) is 44.0 Å². The molecule has 0 saturated carbocycles. The van der Waals surface area contributed by atoms with Gasteiger partial charge in [0.05, 0.1) is 17.8 Å². The minimum absolute atomic E-state index is 0.0136. The topological polar surface area (TPSA) is 70.2 Å². The molecular formula is C17H24FN3O4S. The molecule has 3 rings (SSSR count). The maximum atomic E-state index is 13.8. The highest BCUT2D eigenvalue weighted by Gasteiger charge is 2.37. The maximum absolute atomic E-state index is 13.8. The summed E-state index contributed by atoms with van der Waals surface area (Å²) in [5.74, 6) is -0.974. The van der Waals surface area contributed by atoms with Gasteiger partial charge in [-0.1, -0.05) is 12.1 Å². The number of ether oxygens (including phenoxy) is 1. The first-order valence-corrected chi connectivity index (χ1v) is 10.1. The Hall–Kier alpha value is -1.55. The lowest BCUT2D eigenvalue weighted by atomic mass is 10.1. The van der Waals surface area contributed by atoms with Crippen LogP contribution in [0.2, 0.25) is 0 Å². The number of amides is 1. The van der Waals surface area contributed by atoms with Crippen molar-refractivity contribution in [3.05, 3.63) is 35.6 Å². The Bertz CT molecular complexity index is 755. The van der Waals surface area contributed by atoms with E-state index >= 15 is 0 Å². The van der Waals surface area contributed by atoms with Crippen molar-refractivity contribution in [2.24, 2.45) is 0 Å². The van der Waals surface area contributed by atoms with Gasteiger partial charge in [-0.3, -0.25) is 4.79 Å². The molecule has 7 nitrogen and oxygen atoms in total. The van der Waals surface area contributed by atoms with Crippen molar-refractivity contribution in [1.82, 2.24) is 13.5 Å². The zero-order valence-corrected chi connectivity index (χ0v) is 15.8. The van der Waals surface area contributed by atoms with E-state index in [0.717, 1.165) is 0 Å². The van der Waals surface area contributed by atoms with Gasteiger partial charge in [0.25, 0.3) is 16.1 Å². The van der Waals surface area contributed by atoms with Crippen LogP contribution in [0.5, 0.6) is 0 Å². The molecule has 2 unspecified atom stereocenters. The number of hydrogen-bond acceptors (Lipinski definition) is 4. The third kappa shape index (κ3) is 3.90. The normalized spacial score (nSPS) is 26.0. The number of hydrogen-bond donors (Lipinski definition) is 0. The summed E-state index contributed by atoms with van der Waals surface area (Å²) in [5, 5.41) is 0. The maximum Gasteiger partial charge on any atom is 0.282 e. The van der Waals surface area contributed by atoms with Gasteiger partial charge in [0.1, 0.15) is 5.82 Å². The number of morpholine rings is 1. The smallest absolute Gasteiger partial charge is 0.282 e. The standard InChI is InChI=1S/C17H24FN3O4S/c1-13-11-21(12-14(2)25-13)26(23,24)20-9-7-19(8-10-20)17(22)15-5-3-4-6-16(15)18/h3-6,13-14H,7-12H2,1-2H3. The fraction of sp³-hybridized carbons (Fsp3) is 0.588. The molecule has 0 spiro atoms. The Morgan fingerprint density at radius 2 is 1.62 bits per heavy atom. The van der Waals surface area contributed by atoms with Gasteiger partial charge in [-0.05, 0) is 26.0 Å². The van der Waals surface area contributed by atoms with Crippen LogP contribution in [0.1, 0.15) is 24.2 Å². The molecule has 1 amide bonds. The van der Waals surface area contributed by atoms with E-state index in [1.807, 2.05) is 13.8 Å². The molecule has 2 aliphatic rings. The Morgan fingerprint density at radius 1 is 1.04 bits per heavy atom. The van der Waals surface area contributed by atoms with Crippen LogP contribution in [0.3, 0.4) is 0 Å². The first-order chi connectivity index (χ1) is 12.3. The SMILES string of the molecule is CC1CN(S(=O)(=O)N2CCN(C(=O)c3ccccc3F)CC2)CC(C)O1. The molecule has 2 heterocycles. The van der Waals surface area contributed by atoms with Gasteiger partial charge in [-0.2, -0.15) is 17.0 Å². The van der Waals surface area contributed by atoms with Crippen LogP contribution in [0.25, 0.3) is 0 Å². The monoisotopic (exact) mass is 385 g/mol. The van der Waals surface area contributed by atoms with Crippen molar-refractivity contribution in [3.8, 4) is 0 Å². The summed E-state index contributed by atoms with van der Waals surface area (Å²) in [6.07, 6.45) is -0.310. The van der Waals surface area contributed by atoms with Crippen molar-refractivity contribution in [2.75, 3.05) is 39.3 Å². The van der Waals surface area contributed by atoms with Crippen molar-refractivity contribution in [3.63, 3.8) is 0 Å². The molecule has 2 atom stereocenters. The zero-order chi connectivity index (χ0) is 18.9. The van der Waals surface area contributed by atoms with E-state index in [1.165, 1.54) is 31.7 Å². The number of halogens is 1.